The molecule has 0 aliphatic carbocycles. The number of ether oxygens (including phenoxy) is 2. The van der Waals surface area contributed by atoms with Crippen molar-refractivity contribution < 1.29 is 9.47 Å². The molecule has 0 radical (unpaired) electrons. The van der Waals surface area contributed by atoms with E-state index in [9.17, 15) is 0 Å². The van der Waals surface area contributed by atoms with E-state index in [1.165, 1.54) is 11.1 Å². The van der Waals surface area contributed by atoms with Gasteiger partial charge in [0.25, 0.3) is 0 Å². The molecule has 1 aromatic rings. The zero-order valence-corrected chi connectivity index (χ0v) is 17.2. The first-order chi connectivity index (χ1) is 11.1. The van der Waals surface area contributed by atoms with Crippen LogP contribution >= 0.6 is 0 Å². The Morgan fingerprint density at radius 2 is 1.00 bits per heavy atom. The van der Waals surface area contributed by atoms with Crippen molar-refractivity contribution in [1.29, 1.82) is 0 Å². The molecule has 0 unspecified atom stereocenters. The molecule has 0 bridgehead atoms. The van der Waals surface area contributed by atoms with Gasteiger partial charge in [0.15, 0.2) is 0 Å². The molecule has 2 heteroatoms. The molecule has 24 heavy (non-hydrogen) atoms. The molecule has 0 N–H and O–H groups in total. The predicted molar refractivity (Wildman–Crippen MR) is 105 cm³/mol. The second kappa shape index (κ2) is 8.78. The average molecular weight is 335 g/mol. The third-order valence-corrected chi connectivity index (χ3v) is 4.21. The van der Waals surface area contributed by atoms with Crippen molar-refractivity contribution in [2.45, 2.75) is 91.9 Å². The van der Waals surface area contributed by atoms with Crippen molar-refractivity contribution in [2.75, 3.05) is 13.2 Å². The molecular formula is C22H38O2. The Balaban J connectivity index is 3.31. The van der Waals surface area contributed by atoms with Crippen molar-refractivity contribution >= 4 is 0 Å². The van der Waals surface area contributed by atoms with Crippen LogP contribution in [0.5, 0.6) is 11.5 Å². The molecule has 0 aromatic heterocycles. The Morgan fingerprint density at radius 1 is 0.667 bits per heavy atom. The van der Waals surface area contributed by atoms with E-state index in [4.69, 9.17) is 9.47 Å². The van der Waals surface area contributed by atoms with Crippen molar-refractivity contribution in [3.05, 3.63) is 23.3 Å². The molecular weight excluding hydrogens is 296 g/mol. The minimum absolute atomic E-state index is 0.0286. The minimum atomic E-state index is 0.0286. The van der Waals surface area contributed by atoms with E-state index in [1.807, 2.05) is 0 Å². The molecule has 0 atom stereocenters. The van der Waals surface area contributed by atoms with Gasteiger partial charge in [0.1, 0.15) is 11.5 Å². The topological polar surface area (TPSA) is 18.5 Å². The summed E-state index contributed by atoms with van der Waals surface area (Å²) < 4.78 is 12.3. The molecule has 2 nitrogen and oxygen atoms in total. The Bertz CT molecular complexity index is 456. The van der Waals surface area contributed by atoms with E-state index in [0.29, 0.717) is 0 Å². The van der Waals surface area contributed by atoms with Crippen LogP contribution in [-0.2, 0) is 10.8 Å². The van der Waals surface area contributed by atoms with Crippen LogP contribution in [0.1, 0.15) is 92.2 Å². The first kappa shape index (κ1) is 20.9. The third kappa shape index (κ3) is 6.03. The van der Waals surface area contributed by atoms with E-state index in [2.05, 4.69) is 67.5 Å². The zero-order valence-electron chi connectivity index (χ0n) is 17.2. The lowest BCUT2D eigenvalue weighted by Gasteiger charge is -2.29. The van der Waals surface area contributed by atoms with E-state index in [0.717, 1.165) is 50.4 Å². The highest BCUT2D eigenvalue weighted by Crippen LogP contribution is 2.41. The fraction of sp³-hybridized carbons (Fsp3) is 0.727. The summed E-state index contributed by atoms with van der Waals surface area (Å²) in [5, 5.41) is 0. The summed E-state index contributed by atoms with van der Waals surface area (Å²) in [6.07, 6.45) is 4.47. The molecule has 0 saturated heterocycles. The van der Waals surface area contributed by atoms with E-state index >= 15 is 0 Å². The van der Waals surface area contributed by atoms with Gasteiger partial charge < -0.3 is 9.47 Å². The van der Waals surface area contributed by atoms with Gasteiger partial charge in [-0.1, -0.05) is 68.2 Å². The molecule has 0 fully saturated rings. The number of hydrogen-bond donors (Lipinski definition) is 0. The maximum Gasteiger partial charge on any atom is 0.123 e. The van der Waals surface area contributed by atoms with Crippen LogP contribution in [0.2, 0.25) is 0 Å². The van der Waals surface area contributed by atoms with Gasteiger partial charge in [-0.2, -0.15) is 0 Å². The number of benzene rings is 1. The molecule has 1 rings (SSSR count). The van der Waals surface area contributed by atoms with Crippen LogP contribution in [0.15, 0.2) is 12.1 Å². The van der Waals surface area contributed by atoms with Gasteiger partial charge in [-0.05, 0) is 35.8 Å². The summed E-state index contributed by atoms with van der Waals surface area (Å²) in [5.74, 6) is 2.03. The van der Waals surface area contributed by atoms with E-state index in [1.54, 1.807) is 0 Å². The van der Waals surface area contributed by atoms with Crippen LogP contribution in [0, 0.1) is 0 Å². The molecule has 1 aromatic carbocycles. The van der Waals surface area contributed by atoms with Crippen molar-refractivity contribution in [1.82, 2.24) is 0 Å². The van der Waals surface area contributed by atoms with Crippen molar-refractivity contribution in [2.24, 2.45) is 0 Å². The van der Waals surface area contributed by atoms with Gasteiger partial charge in [-0.25, -0.2) is 0 Å². The molecule has 0 saturated carbocycles. The number of unbranched alkanes of at least 4 members (excludes halogenated alkanes) is 2. The maximum absolute atomic E-state index is 6.16. The highest BCUT2D eigenvalue weighted by atomic mass is 16.5. The van der Waals surface area contributed by atoms with E-state index < -0.39 is 0 Å². The second-order valence-corrected chi connectivity index (χ2v) is 8.75. The fourth-order valence-corrected chi connectivity index (χ4v) is 2.62. The average Bonchev–Trinajstić information content (AvgIpc) is 2.46. The lowest BCUT2D eigenvalue weighted by molar-refractivity contribution is 0.287. The Kier molecular flexibility index (Phi) is 7.63. The normalized spacial score (nSPS) is 12.3. The maximum atomic E-state index is 6.16. The number of rotatable bonds is 8. The molecule has 138 valence electrons. The van der Waals surface area contributed by atoms with Crippen LogP contribution in [0.3, 0.4) is 0 Å². The van der Waals surface area contributed by atoms with Gasteiger partial charge in [0.05, 0.1) is 13.2 Å². The smallest absolute Gasteiger partial charge is 0.123 e. The second-order valence-electron chi connectivity index (χ2n) is 8.75. The molecule has 0 spiro atoms. The fourth-order valence-electron chi connectivity index (χ4n) is 2.62. The summed E-state index contributed by atoms with van der Waals surface area (Å²) in [6, 6.07) is 4.44. The Morgan fingerprint density at radius 3 is 1.25 bits per heavy atom. The van der Waals surface area contributed by atoms with Crippen LogP contribution in [0.25, 0.3) is 0 Å². The molecule has 0 heterocycles. The lowest BCUT2D eigenvalue weighted by Crippen LogP contribution is -2.19. The van der Waals surface area contributed by atoms with Gasteiger partial charge in [0.2, 0.25) is 0 Å². The standard InChI is InChI=1S/C22H38O2/c1-9-11-13-23-19-15-18(22(6,7)8)20(24-14-12-10-2)16-17(19)21(3,4)5/h15-16H,9-14H2,1-8H3. The molecule has 0 aliphatic heterocycles. The largest absolute Gasteiger partial charge is 0.493 e. The minimum Gasteiger partial charge on any atom is -0.493 e. The highest BCUT2D eigenvalue weighted by Gasteiger charge is 2.26. The highest BCUT2D eigenvalue weighted by molar-refractivity contribution is 5.51. The third-order valence-electron chi connectivity index (χ3n) is 4.21. The van der Waals surface area contributed by atoms with Gasteiger partial charge >= 0.3 is 0 Å². The van der Waals surface area contributed by atoms with E-state index in [-0.39, 0.29) is 10.8 Å². The predicted octanol–water partition coefficient (Wildman–Crippen LogP) is 6.64. The van der Waals surface area contributed by atoms with Crippen molar-refractivity contribution in [3.8, 4) is 11.5 Å². The Hall–Kier alpha value is -1.18. The lowest BCUT2D eigenvalue weighted by atomic mass is 9.81. The molecule has 0 amide bonds. The summed E-state index contributed by atoms with van der Waals surface area (Å²) in [4.78, 5) is 0. The van der Waals surface area contributed by atoms with Crippen LogP contribution in [-0.4, -0.2) is 13.2 Å². The van der Waals surface area contributed by atoms with Gasteiger partial charge in [0, 0.05) is 11.1 Å². The first-order valence-corrected chi connectivity index (χ1v) is 9.55. The zero-order chi connectivity index (χ0) is 18.4. The van der Waals surface area contributed by atoms with Gasteiger partial charge in [-0.3, -0.25) is 0 Å². The summed E-state index contributed by atoms with van der Waals surface area (Å²) in [5.41, 5.74) is 2.53. The number of hydrogen-bond acceptors (Lipinski definition) is 2. The SMILES string of the molecule is CCCCOc1cc(C(C)(C)C)c(OCCCC)cc1C(C)(C)C. The molecule has 0 aliphatic rings. The Labute approximate surface area is 149 Å². The van der Waals surface area contributed by atoms with Crippen molar-refractivity contribution in [3.63, 3.8) is 0 Å². The summed E-state index contributed by atoms with van der Waals surface area (Å²) in [7, 11) is 0. The summed E-state index contributed by atoms with van der Waals surface area (Å²) >= 11 is 0. The van der Waals surface area contributed by atoms with Crippen LogP contribution in [0.4, 0.5) is 0 Å². The first-order valence-electron chi connectivity index (χ1n) is 9.55. The quantitative estimate of drug-likeness (QED) is 0.496. The monoisotopic (exact) mass is 334 g/mol. The van der Waals surface area contributed by atoms with Crippen LogP contribution < -0.4 is 9.47 Å². The summed E-state index contributed by atoms with van der Waals surface area (Å²) in [6.45, 7) is 19.4. The van der Waals surface area contributed by atoms with Gasteiger partial charge in [-0.15, -0.1) is 0 Å².